The number of hydrogen-bond acceptors (Lipinski definition) is 1. The van der Waals surface area contributed by atoms with Crippen molar-refractivity contribution >= 4 is 38.9 Å². The van der Waals surface area contributed by atoms with Gasteiger partial charge < -0.3 is 10.2 Å². The van der Waals surface area contributed by atoms with Crippen LogP contribution in [-0.4, -0.2) is 17.1 Å². The number of thiocarbonyl (C=S) groups is 1. The maximum atomic E-state index is 5.61. The van der Waals surface area contributed by atoms with Crippen LogP contribution in [-0.2, 0) is 6.42 Å². The highest BCUT2D eigenvalue weighted by Gasteiger charge is 2.24. The molecule has 0 saturated carbocycles. The highest BCUT2D eigenvalue weighted by Crippen LogP contribution is 2.33. The summed E-state index contributed by atoms with van der Waals surface area (Å²) in [5, 5.41) is 4.10. The summed E-state index contributed by atoms with van der Waals surface area (Å²) in [6, 6.07) is 17.2. The topological polar surface area (TPSA) is 15.3 Å². The number of hydrogen-bond donors (Lipinski definition) is 1. The average molecular weight is 375 g/mol. The Labute approximate surface area is 145 Å². The summed E-state index contributed by atoms with van der Waals surface area (Å²) in [7, 11) is 2.08. The lowest BCUT2D eigenvalue weighted by atomic mass is 9.87. The van der Waals surface area contributed by atoms with E-state index in [4.69, 9.17) is 12.2 Å². The van der Waals surface area contributed by atoms with E-state index in [2.05, 4.69) is 57.5 Å². The van der Waals surface area contributed by atoms with E-state index in [1.807, 2.05) is 24.3 Å². The molecule has 1 aliphatic rings. The van der Waals surface area contributed by atoms with E-state index in [9.17, 15) is 0 Å². The number of rotatable bonds is 2. The molecule has 1 aliphatic carbocycles. The van der Waals surface area contributed by atoms with Crippen LogP contribution < -0.4 is 5.32 Å². The van der Waals surface area contributed by atoms with Crippen LogP contribution in [0.5, 0.6) is 0 Å². The average Bonchev–Trinajstić information content (AvgIpc) is 2.53. The van der Waals surface area contributed by atoms with Crippen LogP contribution in [0.3, 0.4) is 0 Å². The molecule has 3 rings (SSSR count). The standard InChI is InChI=1S/C18H19BrN2S/c1-21(18(22)20-15-9-5-8-14(19)12-15)17-11-4-7-13-6-2-3-10-16(13)17/h2-3,5-6,8-10,12,17H,4,7,11H2,1H3,(H,20,22)/t17-/m1/s1. The van der Waals surface area contributed by atoms with Gasteiger partial charge in [0.1, 0.15) is 0 Å². The molecule has 114 valence electrons. The molecular formula is C18H19BrN2S. The summed E-state index contributed by atoms with van der Waals surface area (Å²) in [5.74, 6) is 0. The molecule has 2 aromatic rings. The number of nitrogens with zero attached hydrogens (tertiary/aromatic N) is 1. The Kier molecular flexibility index (Phi) is 4.79. The molecule has 22 heavy (non-hydrogen) atoms. The molecule has 1 N–H and O–H groups in total. The molecule has 1 atom stereocenters. The van der Waals surface area contributed by atoms with Crippen molar-refractivity contribution in [2.75, 3.05) is 12.4 Å². The van der Waals surface area contributed by atoms with Crippen molar-refractivity contribution in [2.45, 2.75) is 25.3 Å². The molecule has 0 spiro atoms. The third-order valence-corrected chi connectivity index (χ3v) is 5.08. The molecule has 0 aliphatic heterocycles. The molecule has 0 radical (unpaired) electrons. The van der Waals surface area contributed by atoms with Crippen LogP contribution >= 0.6 is 28.1 Å². The molecule has 0 aromatic heterocycles. The first kappa shape index (κ1) is 15.5. The highest BCUT2D eigenvalue weighted by atomic mass is 79.9. The quantitative estimate of drug-likeness (QED) is 0.731. The molecular weight excluding hydrogens is 356 g/mol. The van der Waals surface area contributed by atoms with Gasteiger partial charge in [0.15, 0.2) is 5.11 Å². The normalized spacial score (nSPS) is 16.7. The SMILES string of the molecule is CN(C(=S)Nc1cccc(Br)c1)[C@@H]1CCCc2ccccc21. The van der Waals surface area contributed by atoms with E-state index in [0.29, 0.717) is 6.04 Å². The lowest BCUT2D eigenvalue weighted by molar-refractivity contribution is 0.336. The molecule has 2 nitrogen and oxygen atoms in total. The minimum Gasteiger partial charge on any atom is -0.345 e. The fraction of sp³-hybridized carbons (Fsp3) is 0.278. The van der Waals surface area contributed by atoms with Crippen molar-refractivity contribution in [3.63, 3.8) is 0 Å². The van der Waals surface area contributed by atoms with Crippen molar-refractivity contribution in [2.24, 2.45) is 0 Å². The number of halogens is 1. The fourth-order valence-electron chi connectivity index (χ4n) is 3.05. The van der Waals surface area contributed by atoms with Gasteiger partial charge in [-0.05, 0) is 60.8 Å². The number of nitrogens with one attached hydrogen (secondary N) is 1. The second kappa shape index (κ2) is 6.80. The Morgan fingerprint density at radius 2 is 2.05 bits per heavy atom. The molecule has 4 heteroatoms. The van der Waals surface area contributed by atoms with Gasteiger partial charge in [0.2, 0.25) is 0 Å². The molecule has 0 heterocycles. The Morgan fingerprint density at radius 3 is 2.86 bits per heavy atom. The van der Waals surface area contributed by atoms with Crippen molar-refractivity contribution in [3.05, 3.63) is 64.1 Å². The molecule has 0 unspecified atom stereocenters. The van der Waals surface area contributed by atoms with Crippen molar-refractivity contribution in [1.82, 2.24) is 4.90 Å². The molecule has 2 aromatic carbocycles. The number of benzene rings is 2. The molecule has 0 bridgehead atoms. The lowest BCUT2D eigenvalue weighted by Crippen LogP contribution is -2.36. The zero-order valence-electron chi connectivity index (χ0n) is 12.6. The van der Waals surface area contributed by atoms with Crippen molar-refractivity contribution < 1.29 is 0 Å². The molecule has 0 amide bonds. The van der Waals surface area contributed by atoms with Gasteiger partial charge in [-0.2, -0.15) is 0 Å². The Balaban J connectivity index is 1.77. The van der Waals surface area contributed by atoms with E-state index in [-0.39, 0.29) is 0 Å². The maximum Gasteiger partial charge on any atom is 0.173 e. The van der Waals surface area contributed by atoms with Gasteiger partial charge in [0, 0.05) is 17.2 Å². The number of fused-ring (bicyclic) bond motifs is 1. The van der Waals surface area contributed by atoms with Gasteiger partial charge in [-0.15, -0.1) is 0 Å². The summed E-state index contributed by atoms with van der Waals surface area (Å²) in [6.45, 7) is 0. The molecule has 0 fully saturated rings. The second-order valence-corrected chi connectivity index (χ2v) is 6.96. The summed E-state index contributed by atoms with van der Waals surface area (Å²) in [6.07, 6.45) is 3.53. The van der Waals surface area contributed by atoms with Crippen LogP contribution in [0.4, 0.5) is 5.69 Å². The van der Waals surface area contributed by atoms with Crippen LogP contribution in [0, 0.1) is 0 Å². The predicted octanol–water partition coefficient (Wildman–Crippen LogP) is 5.16. The van der Waals surface area contributed by atoms with E-state index < -0.39 is 0 Å². The summed E-state index contributed by atoms with van der Waals surface area (Å²) < 4.78 is 1.05. The van der Waals surface area contributed by atoms with Gasteiger partial charge in [0.25, 0.3) is 0 Å². The Bertz CT molecular complexity index is 686. The smallest absolute Gasteiger partial charge is 0.173 e. The van der Waals surface area contributed by atoms with Crippen LogP contribution in [0.1, 0.15) is 30.0 Å². The molecule has 0 saturated heterocycles. The van der Waals surface area contributed by atoms with Crippen LogP contribution in [0.15, 0.2) is 53.0 Å². The van der Waals surface area contributed by atoms with E-state index >= 15 is 0 Å². The number of aryl methyl sites for hydroxylation is 1. The van der Waals surface area contributed by atoms with Crippen LogP contribution in [0.2, 0.25) is 0 Å². The van der Waals surface area contributed by atoms with Gasteiger partial charge in [-0.3, -0.25) is 0 Å². The zero-order valence-corrected chi connectivity index (χ0v) is 15.0. The zero-order chi connectivity index (χ0) is 15.5. The Morgan fingerprint density at radius 1 is 1.23 bits per heavy atom. The first-order valence-electron chi connectivity index (χ1n) is 7.52. The summed E-state index contributed by atoms with van der Waals surface area (Å²) in [5.41, 5.74) is 3.88. The van der Waals surface area contributed by atoms with Gasteiger partial charge in [-0.25, -0.2) is 0 Å². The highest BCUT2D eigenvalue weighted by molar-refractivity contribution is 9.10. The lowest BCUT2D eigenvalue weighted by Gasteiger charge is -2.35. The minimum atomic E-state index is 0.358. The van der Waals surface area contributed by atoms with E-state index in [1.54, 1.807) is 0 Å². The first-order valence-corrected chi connectivity index (χ1v) is 8.72. The first-order chi connectivity index (χ1) is 10.6. The minimum absolute atomic E-state index is 0.358. The number of anilines is 1. The largest absolute Gasteiger partial charge is 0.345 e. The van der Waals surface area contributed by atoms with Gasteiger partial charge >= 0.3 is 0 Å². The predicted molar refractivity (Wildman–Crippen MR) is 100 cm³/mol. The monoisotopic (exact) mass is 374 g/mol. The third-order valence-electron chi connectivity index (χ3n) is 4.20. The Hall–Kier alpha value is -1.39. The van der Waals surface area contributed by atoms with E-state index in [1.165, 1.54) is 24.0 Å². The van der Waals surface area contributed by atoms with Crippen molar-refractivity contribution in [1.29, 1.82) is 0 Å². The van der Waals surface area contributed by atoms with Crippen molar-refractivity contribution in [3.8, 4) is 0 Å². The van der Waals surface area contributed by atoms with E-state index in [0.717, 1.165) is 21.7 Å². The summed E-state index contributed by atoms with van der Waals surface area (Å²) in [4.78, 5) is 2.19. The summed E-state index contributed by atoms with van der Waals surface area (Å²) >= 11 is 9.10. The second-order valence-electron chi connectivity index (χ2n) is 5.66. The fourth-order valence-corrected chi connectivity index (χ4v) is 3.69. The third kappa shape index (κ3) is 3.33. The van der Waals surface area contributed by atoms with Crippen LogP contribution in [0.25, 0.3) is 0 Å². The van der Waals surface area contributed by atoms with Gasteiger partial charge in [-0.1, -0.05) is 46.3 Å². The maximum absolute atomic E-state index is 5.61. The van der Waals surface area contributed by atoms with Gasteiger partial charge in [0.05, 0.1) is 6.04 Å².